The van der Waals surface area contributed by atoms with Crippen molar-refractivity contribution in [3.05, 3.63) is 58.4 Å². The van der Waals surface area contributed by atoms with Crippen LogP contribution in [0, 0.1) is 13.8 Å². The summed E-state index contributed by atoms with van der Waals surface area (Å²) >= 11 is 5.89. The molecule has 1 aromatic heterocycles. The number of hydrogen-bond acceptors (Lipinski definition) is 2. The minimum atomic E-state index is -0.0633. The molecular weight excluding hydrogens is 360 g/mol. The van der Waals surface area contributed by atoms with Crippen LogP contribution in [-0.2, 0) is 0 Å². The van der Waals surface area contributed by atoms with Crippen molar-refractivity contribution in [2.24, 2.45) is 0 Å². The molecule has 0 unspecified atom stereocenters. The molecule has 6 heteroatoms. The van der Waals surface area contributed by atoms with Gasteiger partial charge in [-0.2, -0.15) is 0 Å². The standard InChI is InChI=1S/C21H23ClN4O/c1-13-11-18-19(12-14(13)2)25-20(24-18)15-7-9-26(10-8-15)21(27)23-17-5-3-16(22)4-6-17/h3-6,11-12,15H,7-10H2,1-2H3,(H,23,27)(H,24,25). The van der Waals surface area contributed by atoms with Crippen LogP contribution in [0.15, 0.2) is 36.4 Å². The second-order valence-corrected chi connectivity index (χ2v) is 7.71. The summed E-state index contributed by atoms with van der Waals surface area (Å²) in [6, 6.07) is 11.4. The van der Waals surface area contributed by atoms with Crippen molar-refractivity contribution in [2.45, 2.75) is 32.6 Å². The minimum Gasteiger partial charge on any atom is -0.342 e. The molecule has 1 fully saturated rings. The SMILES string of the molecule is Cc1cc2nc(C3CCN(C(=O)Nc4ccc(Cl)cc4)CC3)[nH]c2cc1C. The fraction of sp³-hybridized carbons (Fsp3) is 0.333. The van der Waals surface area contributed by atoms with E-state index in [4.69, 9.17) is 16.6 Å². The number of amides is 2. The van der Waals surface area contributed by atoms with Gasteiger partial charge < -0.3 is 15.2 Å². The van der Waals surface area contributed by atoms with Gasteiger partial charge >= 0.3 is 6.03 Å². The lowest BCUT2D eigenvalue weighted by Gasteiger charge is -2.31. The van der Waals surface area contributed by atoms with E-state index >= 15 is 0 Å². The molecule has 0 aliphatic carbocycles. The number of halogens is 1. The fourth-order valence-corrected chi connectivity index (χ4v) is 3.70. The fourth-order valence-electron chi connectivity index (χ4n) is 3.57. The van der Waals surface area contributed by atoms with E-state index in [1.807, 2.05) is 17.0 Å². The number of aromatic nitrogens is 2. The van der Waals surface area contributed by atoms with E-state index in [-0.39, 0.29) is 6.03 Å². The van der Waals surface area contributed by atoms with Crippen LogP contribution in [0.3, 0.4) is 0 Å². The first-order valence-corrected chi connectivity index (χ1v) is 9.66. The number of carbonyl (C=O) groups excluding carboxylic acids is 1. The van der Waals surface area contributed by atoms with Gasteiger partial charge in [-0.15, -0.1) is 0 Å². The Labute approximate surface area is 163 Å². The Hall–Kier alpha value is -2.53. The molecule has 3 aromatic rings. The molecule has 5 nitrogen and oxygen atoms in total. The molecule has 140 valence electrons. The molecular formula is C21H23ClN4O. The van der Waals surface area contributed by atoms with Crippen LogP contribution >= 0.6 is 11.6 Å². The zero-order valence-corrected chi connectivity index (χ0v) is 16.3. The van der Waals surface area contributed by atoms with Crippen LogP contribution in [-0.4, -0.2) is 34.0 Å². The number of rotatable bonds is 2. The summed E-state index contributed by atoms with van der Waals surface area (Å²) in [4.78, 5) is 22.6. The average Bonchev–Trinajstić information content (AvgIpc) is 3.07. The van der Waals surface area contributed by atoms with Gasteiger partial charge in [-0.25, -0.2) is 9.78 Å². The molecule has 2 N–H and O–H groups in total. The number of piperidine rings is 1. The van der Waals surface area contributed by atoms with Gasteiger partial charge in [0.25, 0.3) is 0 Å². The first-order valence-electron chi connectivity index (χ1n) is 9.28. The summed E-state index contributed by atoms with van der Waals surface area (Å²) in [5.74, 6) is 1.39. The molecule has 0 atom stereocenters. The third kappa shape index (κ3) is 3.78. The number of benzene rings is 2. The third-order valence-electron chi connectivity index (χ3n) is 5.38. The second kappa shape index (κ2) is 7.24. The van der Waals surface area contributed by atoms with E-state index in [1.54, 1.807) is 12.1 Å². The van der Waals surface area contributed by atoms with Crippen molar-refractivity contribution in [3.63, 3.8) is 0 Å². The molecule has 1 saturated heterocycles. The van der Waals surface area contributed by atoms with Gasteiger partial charge in [0.2, 0.25) is 0 Å². The van der Waals surface area contributed by atoms with E-state index in [9.17, 15) is 4.79 Å². The summed E-state index contributed by atoms with van der Waals surface area (Å²) in [6.45, 7) is 5.67. The first kappa shape index (κ1) is 17.9. The number of imidazole rings is 1. The largest absolute Gasteiger partial charge is 0.342 e. The van der Waals surface area contributed by atoms with Crippen molar-refractivity contribution in [3.8, 4) is 0 Å². The average molecular weight is 383 g/mol. The second-order valence-electron chi connectivity index (χ2n) is 7.27. The Bertz CT molecular complexity index is 933. The number of carbonyl (C=O) groups is 1. The highest BCUT2D eigenvalue weighted by molar-refractivity contribution is 6.30. The van der Waals surface area contributed by atoms with Crippen molar-refractivity contribution in [1.82, 2.24) is 14.9 Å². The number of H-pyrrole nitrogens is 1. The Balaban J connectivity index is 1.39. The molecule has 0 spiro atoms. The number of fused-ring (bicyclic) bond motifs is 1. The zero-order chi connectivity index (χ0) is 19.0. The smallest absolute Gasteiger partial charge is 0.321 e. The molecule has 1 aliphatic rings. The van der Waals surface area contributed by atoms with E-state index < -0.39 is 0 Å². The maximum atomic E-state index is 12.5. The summed E-state index contributed by atoms with van der Waals surface area (Å²) in [6.07, 6.45) is 1.82. The predicted octanol–water partition coefficient (Wildman–Crippen LogP) is 5.24. The molecule has 27 heavy (non-hydrogen) atoms. The topological polar surface area (TPSA) is 61.0 Å². The van der Waals surface area contributed by atoms with Crippen molar-refractivity contribution in [1.29, 1.82) is 0 Å². The number of nitrogens with zero attached hydrogens (tertiary/aromatic N) is 2. The summed E-state index contributed by atoms with van der Waals surface area (Å²) in [5.41, 5.74) is 5.40. The lowest BCUT2D eigenvalue weighted by atomic mass is 9.96. The molecule has 0 saturated carbocycles. The number of urea groups is 1. The van der Waals surface area contributed by atoms with Gasteiger partial charge in [0.15, 0.2) is 0 Å². The maximum Gasteiger partial charge on any atom is 0.321 e. The molecule has 2 aromatic carbocycles. The summed E-state index contributed by atoms with van der Waals surface area (Å²) in [7, 11) is 0. The minimum absolute atomic E-state index is 0.0633. The van der Waals surface area contributed by atoms with Gasteiger partial charge in [0.1, 0.15) is 5.82 Å². The van der Waals surface area contributed by atoms with Crippen LogP contribution in [0.5, 0.6) is 0 Å². The van der Waals surface area contributed by atoms with E-state index in [2.05, 4.69) is 36.3 Å². The van der Waals surface area contributed by atoms with Gasteiger partial charge in [-0.1, -0.05) is 11.6 Å². The molecule has 4 rings (SSSR count). The predicted molar refractivity (Wildman–Crippen MR) is 110 cm³/mol. The lowest BCUT2D eigenvalue weighted by molar-refractivity contribution is 0.193. The Morgan fingerprint density at radius 1 is 1.15 bits per heavy atom. The Kier molecular flexibility index (Phi) is 4.79. The van der Waals surface area contributed by atoms with Crippen molar-refractivity contribution < 1.29 is 4.79 Å². The third-order valence-corrected chi connectivity index (χ3v) is 5.63. The van der Waals surface area contributed by atoms with E-state index in [1.165, 1.54) is 11.1 Å². The van der Waals surface area contributed by atoms with E-state index in [0.717, 1.165) is 48.5 Å². The lowest BCUT2D eigenvalue weighted by Crippen LogP contribution is -2.40. The highest BCUT2D eigenvalue weighted by atomic mass is 35.5. The monoisotopic (exact) mass is 382 g/mol. The van der Waals surface area contributed by atoms with Gasteiger partial charge in [-0.3, -0.25) is 0 Å². The molecule has 1 aliphatic heterocycles. The molecule has 2 amide bonds. The highest BCUT2D eigenvalue weighted by Gasteiger charge is 2.26. The number of nitrogens with one attached hydrogen (secondary N) is 2. The number of hydrogen-bond donors (Lipinski definition) is 2. The molecule has 2 heterocycles. The zero-order valence-electron chi connectivity index (χ0n) is 15.6. The number of likely N-dealkylation sites (tertiary alicyclic amines) is 1. The maximum absolute atomic E-state index is 12.5. The van der Waals surface area contributed by atoms with Crippen LogP contribution < -0.4 is 5.32 Å². The van der Waals surface area contributed by atoms with Gasteiger partial charge in [-0.05, 0) is 74.2 Å². The number of aryl methyl sites for hydroxylation is 2. The Morgan fingerprint density at radius 3 is 2.52 bits per heavy atom. The van der Waals surface area contributed by atoms with Gasteiger partial charge in [0.05, 0.1) is 11.0 Å². The normalized spacial score (nSPS) is 15.3. The van der Waals surface area contributed by atoms with Gasteiger partial charge in [0, 0.05) is 29.7 Å². The number of anilines is 1. The van der Waals surface area contributed by atoms with Crippen molar-refractivity contribution in [2.75, 3.05) is 18.4 Å². The molecule has 0 radical (unpaired) electrons. The molecule has 0 bridgehead atoms. The summed E-state index contributed by atoms with van der Waals surface area (Å²) in [5, 5.41) is 3.59. The van der Waals surface area contributed by atoms with Crippen LogP contribution in [0.1, 0.15) is 35.7 Å². The van der Waals surface area contributed by atoms with Crippen LogP contribution in [0.4, 0.5) is 10.5 Å². The van der Waals surface area contributed by atoms with E-state index in [0.29, 0.717) is 10.9 Å². The highest BCUT2D eigenvalue weighted by Crippen LogP contribution is 2.29. The summed E-state index contributed by atoms with van der Waals surface area (Å²) < 4.78 is 0. The van der Waals surface area contributed by atoms with Crippen molar-refractivity contribution >= 4 is 34.4 Å². The van der Waals surface area contributed by atoms with Crippen LogP contribution in [0.2, 0.25) is 5.02 Å². The quantitative estimate of drug-likeness (QED) is 0.636. The first-order chi connectivity index (χ1) is 13.0. The van der Waals surface area contributed by atoms with Crippen LogP contribution in [0.25, 0.3) is 11.0 Å². The number of aromatic amines is 1. The Morgan fingerprint density at radius 2 is 1.81 bits per heavy atom.